The third-order valence-corrected chi connectivity index (χ3v) is 4.73. The van der Waals surface area contributed by atoms with Gasteiger partial charge in [0, 0.05) is 17.3 Å². The lowest BCUT2D eigenvalue weighted by Crippen LogP contribution is -2.56. The topological polar surface area (TPSA) is 80.9 Å². The van der Waals surface area contributed by atoms with Gasteiger partial charge in [-0.25, -0.2) is 0 Å². The molecule has 0 saturated heterocycles. The number of hydrogen-bond acceptors (Lipinski definition) is 5. The van der Waals surface area contributed by atoms with Gasteiger partial charge in [-0.1, -0.05) is 40.9 Å². The van der Waals surface area contributed by atoms with Gasteiger partial charge in [0.15, 0.2) is 16.6 Å². The summed E-state index contributed by atoms with van der Waals surface area (Å²) in [5.41, 5.74) is 0.932. The number of halogens is 3. The number of rotatable bonds is 7. The summed E-state index contributed by atoms with van der Waals surface area (Å²) in [7, 11) is 4.52. The van der Waals surface area contributed by atoms with Crippen LogP contribution in [-0.2, 0) is 0 Å². The number of carbonyl (C=O) groups is 1. The van der Waals surface area contributed by atoms with Crippen LogP contribution in [0.2, 0.25) is 0 Å². The smallest absolute Gasteiger partial charge is 0.253 e. The van der Waals surface area contributed by atoms with E-state index >= 15 is 0 Å². The second-order valence-electron chi connectivity index (χ2n) is 5.85. The maximum Gasteiger partial charge on any atom is 0.253 e. The van der Waals surface area contributed by atoms with Crippen LogP contribution in [0.1, 0.15) is 10.4 Å². The van der Waals surface area contributed by atoms with E-state index in [0.29, 0.717) is 22.9 Å². The zero-order chi connectivity index (χ0) is 22.3. The molecule has 0 radical (unpaired) electrons. The van der Waals surface area contributed by atoms with Gasteiger partial charge in [0.1, 0.15) is 11.9 Å². The molecule has 1 atom stereocenters. The highest BCUT2D eigenvalue weighted by molar-refractivity contribution is 7.80. The number of carbonyl (C=O) groups excluding carboxylic acids is 1. The number of ether oxygens (including phenoxy) is 3. The van der Waals surface area contributed by atoms with Crippen LogP contribution >= 0.6 is 47.0 Å². The van der Waals surface area contributed by atoms with Gasteiger partial charge < -0.3 is 30.2 Å². The van der Waals surface area contributed by atoms with Crippen molar-refractivity contribution in [3.05, 3.63) is 48.0 Å². The van der Waals surface area contributed by atoms with E-state index in [0.717, 1.165) is 0 Å². The Morgan fingerprint density at radius 2 is 1.67 bits per heavy atom. The number of thiocarbonyl (C=S) groups is 1. The van der Waals surface area contributed by atoms with Crippen LogP contribution < -0.4 is 30.2 Å². The van der Waals surface area contributed by atoms with Crippen molar-refractivity contribution >= 4 is 63.7 Å². The monoisotopic (exact) mass is 491 g/mol. The van der Waals surface area contributed by atoms with E-state index in [1.54, 1.807) is 43.5 Å². The summed E-state index contributed by atoms with van der Waals surface area (Å²) in [5, 5.41) is 8.47. The van der Waals surface area contributed by atoms with Crippen LogP contribution in [0.5, 0.6) is 17.2 Å². The van der Waals surface area contributed by atoms with Gasteiger partial charge in [-0.2, -0.15) is 0 Å². The summed E-state index contributed by atoms with van der Waals surface area (Å²) in [6.07, 6.45) is -1.13. The Kier molecular flexibility index (Phi) is 8.66. The summed E-state index contributed by atoms with van der Waals surface area (Å²) >= 11 is 23.4. The molecule has 0 aliphatic carbocycles. The van der Waals surface area contributed by atoms with Gasteiger partial charge in [-0.15, -0.1) is 0 Å². The van der Waals surface area contributed by atoms with Crippen molar-refractivity contribution in [2.24, 2.45) is 0 Å². The number of nitrogens with one attached hydrogen (secondary N) is 3. The third-order valence-electron chi connectivity index (χ3n) is 3.85. The molecule has 0 spiro atoms. The van der Waals surface area contributed by atoms with Gasteiger partial charge in [0.2, 0.25) is 3.79 Å². The summed E-state index contributed by atoms with van der Waals surface area (Å²) in [6, 6.07) is 11.8. The highest BCUT2D eigenvalue weighted by Gasteiger charge is 2.35. The minimum absolute atomic E-state index is 0.132. The minimum atomic E-state index is -1.90. The molecule has 11 heteroatoms. The highest BCUT2D eigenvalue weighted by atomic mass is 35.6. The molecule has 2 rings (SSSR count). The van der Waals surface area contributed by atoms with Gasteiger partial charge in [-0.3, -0.25) is 4.79 Å². The van der Waals surface area contributed by atoms with E-state index in [2.05, 4.69) is 16.0 Å². The quantitative estimate of drug-likeness (QED) is 0.305. The molecule has 0 unspecified atom stereocenters. The predicted octanol–water partition coefficient (Wildman–Crippen LogP) is 4.13. The summed E-state index contributed by atoms with van der Waals surface area (Å²) < 4.78 is 13.6. The first-order valence-corrected chi connectivity index (χ1v) is 10.0. The Morgan fingerprint density at radius 3 is 2.27 bits per heavy atom. The molecule has 0 fully saturated rings. The van der Waals surface area contributed by atoms with Crippen LogP contribution in [-0.4, -0.2) is 42.3 Å². The van der Waals surface area contributed by atoms with Crippen molar-refractivity contribution in [1.82, 2.24) is 10.6 Å². The lowest BCUT2D eigenvalue weighted by Gasteiger charge is -2.28. The minimum Gasteiger partial charge on any atom is -0.497 e. The standard InChI is InChI=1S/C19H20Cl3N3O4S/c1-27-13-6-4-5-12(10-13)23-18(30)25-17(19(20,21)22)24-16(26)11-7-8-14(28-2)15(9-11)29-3/h4-10,17H,1-3H3,(H,24,26)(H2,23,25,30)/t17-/m1/s1. The highest BCUT2D eigenvalue weighted by Crippen LogP contribution is 2.30. The normalized spacial score (nSPS) is 11.8. The number of methoxy groups -OCH3 is 3. The first-order valence-electron chi connectivity index (χ1n) is 8.49. The van der Waals surface area contributed by atoms with E-state index < -0.39 is 15.9 Å². The maximum absolute atomic E-state index is 12.7. The molecule has 30 heavy (non-hydrogen) atoms. The van der Waals surface area contributed by atoms with Crippen molar-refractivity contribution in [3.8, 4) is 17.2 Å². The molecule has 0 heterocycles. The van der Waals surface area contributed by atoms with Crippen LogP contribution in [0, 0.1) is 0 Å². The van der Waals surface area contributed by atoms with Gasteiger partial charge in [0.05, 0.1) is 21.3 Å². The first kappa shape index (κ1) is 24.1. The zero-order valence-electron chi connectivity index (χ0n) is 16.3. The zero-order valence-corrected chi connectivity index (χ0v) is 19.4. The number of amides is 1. The average molecular weight is 493 g/mol. The SMILES string of the molecule is COc1cccc(NC(=S)N[C@@H](NC(=O)c2ccc(OC)c(OC)c2)C(Cl)(Cl)Cl)c1. The molecule has 0 aliphatic heterocycles. The van der Waals surface area contributed by atoms with Gasteiger partial charge in [0.25, 0.3) is 5.91 Å². The molecule has 0 bridgehead atoms. The van der Waals surface area contributed by atoms with Crippen molar-refractivity contribution in [2.45, 2.75) is 9.96 Å². The molecule has 3 N–H and O–H groups in total. The second kappa shape index (κ2) is 10.8. The first-order chi connectivity index (χ1) is 14.2. The molecule has 1 amide bonds. The fourth-order valence-electron chi connectivity index (χ4n) is 2.39. The Bertz CT molecular complexity index is 909. The Labute approximate surface area is 194 Å². The number of benzene rings is 2. The molecular formula is C19H20Cl3N3O4S. The number of alkyl halides is 3. The van der Waals surface area contributed by atoms with Gasteiger partial charge in [-0.05, 0) is 42.5 Å². The Morgan fingerprint density at radius 1 is 0.967 bits per heavy atom. The molecule has 2 aromatic rings. The maximum atomic E-state index is 12.7. The molecule has 2 aromatic carbocycles. The lowest BCUT2D eigenvalue weighted by atomic mass is 10.2. The van der Waals surface area contributed by atoms with Crippen molar-refractivity contribution in [3.63, 3.8) is 0 Å². The Balaban J connectivity index is 2.12. The van der Waals surface area contributed by atoms with Crippen molar-refractivity contribution in [1.29, 1.82) is 0 Å². The van der Waals surface area contributed by atoms with E-state index in [1.165, 1.54) is 20.3 Å². The van der Waals surface area contributed by atoms with Crippen LogP contribution in [0.3, 0.4) is 0 Å². The Hall–Kier alpha value is -2.13. The van der Waals surface area contributed by atoms with E-state index in [1.807, 2.05) is 0 Å². The molecule has 0 saturated carbocycles. The average Bonchev–Trinajstić information content (AvgIpc) is 2.72. The second-order valence-corrected chi connectivity index (χ2v) is 8.63. The predicted molar refractivity (Wildman–Crippen MR) is 123 cm³/mol. The van der Waals surface area contributed by atoms with E-state index in [9.17, 15) is 4.79 Å². The van der Waals surface area contributed by atoms with Crippen molar-refractivity contribution in [2.75, 3.05) is 26.6 Å². The fourth-order valence-corrected chi connectivity index (χ4v) is 2.95. The summed E-state index contributed by atoms with van der Waals surface area (Å²) in [6.45, 7) is 0. The molecular weight excluding hydrogens is 473 g/mol. The molecule has 7 nitrogen and oxygen atoms in total. The molecule has 0 aliphatic rings. The van der Waals surface area contributed by atoms with Crippen LogP contribution in [0.15, 0.2) is 42.5 Å². The number of anilines is 1. The van der Waals surface area contributed by atoms with Crippen LogP contribution in [0.25, 0.3) is 0 Å². The van der Waals surface area contributed by atoms with Gasteiger partial charge >= 0.3 is 0 Å². The van der Waals surface area contributed by atoms with E-state index in [-0.39, 0.29) is 10.7 Å². The van der Waals surface area contributed by atoms with Crippen molar-refractivity contribution < 1.29 is 19.0 Å². The summed E-state index contributed by atoms with van der Waals surface area (Å²) in [5.74, 6) is 0.999. The molecule has 162 valence electrons. The van der Waals surface area contributed by atoms with Crippen LogP contribution in [0.4, 0.5) is 5.69 Å². The fraction of sp³-hybridized carbons (Fsp3) is 0.263. The molecule has 0 aromatic heterocycles. The third kappa shape index (κ3) is 6.70. The largest absolute Gasteiger partial charge is 0.497 e. The lowest BCUT2D eigenvalue weighted by molar-refractivity contribution is 0.0934. The van der Waals surface area contributed by atoms with E-state index in [4.69, 9.17) is 61.2 Å². The number of hydrogen-bond donors (Lipinski definition) is 3. The summed E-state index contributed by atoms with van der Waals surface area (Å²) in [4.78, 5) is 12.7.